The fraction of sp³-hybridized carbons (Fsp3) is 0.667. The number of hydrogen-bond donors (Lipinski definition) is 1. The normalized spacial score (nSPS) is 6.14. The first-order chi connectivity index (χ1) is 3.41. The summed E-state index contributed by atoms with van der Waals surface area (Å²) in [7, 11) is 0. The van der Waals surface area contributed by atoms with Crippen LogP contribution in [0.25, 0.3) is 0 Å². The second kappa shape index (κ2) is 17.3. The molecule has 1 N–H and O–H groups in total. The molecule has 0 bridgehead atoms. The largest absolute Gasteiger partial charge is 0.396 e. The zero-order valence-electron chi connectivity index (χ0n) is 5.15. The molecule has 0 aromatic heterocycles. The maximum absolute atomic E-state index is 8.00. The second-order valence-corrected chi connectivity index (χ2v) is 0.801. The van der Waals surface area contributed by atoms with Gasteiger partial charge in [0, 0.05) is 6.61 Å². The van der Waals surface area contributed by atoms with Gasteiger partial charge in [0.2, 0.25) is 0 Å². The predicted molar refractivity (Wildman–Crippen MR) is 33.2 cm³/mol. The third-order valence-electron chi connectivity index (χ3n) is 0.333. The van der Waals surface area contributed by atoms with E-state index >= 15 is 0 Å². The lowest BCUT2D eigenvalue weighted by molar-refractivity contribution is 0.303. The molecule has 0 radical (unpaired) electrons. The van der Waals surface area contributed by atoms with Gasteiger partial charge in [0.1, 0.15) is 0 Å². The Hall–Kier alpha value is -0.300. The molecule has 0 spiro atoms. The monoisotopic (exact) mass is 102 g/mol. The van der Waals surface area contributed by atoms with E-state index in [1.54, 1.807) is 6.08 Å². The average Bonchev–Trinajstić information content (AvgIpc) is 1.75. The SMILES string of the molecule is C=CCCO.CC. The summed E-state index contributed by atoms with van der Waals surface area (Å²) >= 11 is 0. The van der Waals surface area contributed by atoms with E-state index < -0.39 is 0 Å². The molecule has 1 nitrogen and oxygen atoms in total. The van der Waals surface area contributed by atoms with Crippen molar-refractivity contribution < 1.29 is 5.11 Å². The molecule has 44 valence electrons. The van der Waals surface area contributed by atoms with Crippen LogP contribution < -0.4 is 0 Å². The van der Waals surface area contributed by atoms with E-state index in [0.29, 0.717) is 6.42 Å². The Balaban J connectivity index is 0. The van der Waals surface area contributed by atoms with Crippen LogP contribution in [0.2, 0.25) is 0 Å². The van der Waals surface area contributed by atoms with E-state index in [0.717, 1.165) is 0 Å². The summed E-state index contributed by atoms with van der Waals surface area (Å²) in [6.45, 7) is 7.62. The zero-order chi connectivity index (χ0) is 6.12. The van der Waals surface area contributed by atoms with Crippen LogP contribution in [0.1, 0.15) is 20.3 Å². The van der Waals surface area contributed by atoms with Crippen LogP contribution in [0.5, 0.6) is 0 Å². The van der Waals surface area contributed by atoms with Crippen molar-refractivity contribution >= 4 is 0 Å². The van der Waals surface area contributed by atoms with Crippen molar-refractivity contribution in [1.29, 1.82) is 0 Å². The summed E-state index contributed by atoms with van der Waals surface area (Å²) in [6.07, 6.45) is 2.39. The summed E-state index contributed by atoms with van der Waals surface area (Å²) in [6, 6.07) is 0. The highest BCUT2D eigenvalue weighted by molar-refractivity contribution is 4.63. The molecule has 0 aliphatic rings. The van der Waals surface area contributed by atoms with Gasteiger partial charge in [-0.1, -0.05) is 19.9 Å². The molecule has 0 aliphatic carbocycles. The van der Waals surface area contributed by atoms with Gasteiger partial charge in [-0.05, 0) is 6.42 Å². The lowest BCUT2D eigenvalue weighted by atomic mass is 10.5. The van der Waals surface area contributed by atoms with E-state index in [1.165, 1.54) is 0 Å². The highest BCUT2D eigenvalue weighted by atomic mass is 16.2. The lowest BCUT2D eigenvalue weighted by Crippen LogP contribution is -1.71. The molecule has 0 aromatic carbocycles. The van der Waals surface area contributed by atoms with Crippen LogP contribution in [-0.4, -0.2) is 11.7 Å². The number of aliphatic hydroxyl groups excluding tert-OH is 1. The molecular weight excluding hydrogens is 88.1 g/mol. The highest BCUT2D eigenvalue weighted by Crippen LogP contribution is 1.69. The summed E-state index contributed by atoms with van der Waals surface area (Å²) in [5.41, 5.74) is 0. The quantitative estimate of drug-likeness (QED) is 0.525. The lowest BCUT2D eigenvalue weighted by Gasteiger charge is -1.73. The summed E-state index contributed by atoms with van der Waals surface area (Å²) in [5, 5.41) is 8.00. The van der Waals surface area contributed by atoms with Crippen molar-refractivity contribution in [2.75, 3.05) is 6.61 Å². The average molecular weight is 102 g/mol. The van der Waals surface area contributed by atoms with Crippen molar-refractivity contribution in [1.82, 2.24) is 0 Å². The smallest absolute Gasteiger partial charge is 0.0465 e. The van der Waals surface area contributed by atoms with Gasteiger partial charge in [-0.15, -0.1) is 6.58 Å². The van der Waals surface area contributed by atoms with Crippen molar-refractivity contribution in [3.8, 4) is 0 Å². The first-order valence-corrected chi connectivity index (χ1v) is 2.63. The highest BCUT2D eigenvalue weighted by Gasteiger charge is 1.62. The second-order valence-electron chi connectivity index (χ2n) is 0.801. The number of hydrogen-bond acceptors (Lipinski definition) is 1. The molecule has 0 unspecified atom stereocenters. The Labute approximate surface area is 45.7 Å². The van der Waals surface area contributed by atoms with Crippen molar-refractivity contribution in [3.63, 3.8) is 0 Å². The maximum Gasteiger partial charge on any atom is 0.0465 e. The Morgan fingerprint density at radius 3 is 2.00 bits per heavy atom. The van der Waals surface area contributed by atoms with Gasteiger partial charge in [-0.2, -0.15) is 0 Å². The fourth-order valence-electron chi connectivity index (χ4n) is 0.0913. The molecule has 0 saturated carbocycles. The molecule has 0 heterocycles. The molecule has 0 rings (SSSR count). The van der Waals surface area contributed by atoms with Crippen molar-refractivity contribution in [3.05, 3.63) is 12.7 Å². The van der Waals surface area contributed by atoms with Crippen LogP contribution in [0, 0.1) is 0 Å². The number of aliphatic hydroxyl groups is 1. The minimum atomic E-state index is 0.226. The van der Waals surface area contributed by atoms with Crippen LogP contribution in [-0.2, 0) is 0 Å². The summed E-state index contributed by atoms with van der Waals surface area (Å²) < 4.78 is 0. The molecule has 0 atom stereocenters. The minimum absolute atomic E-state index is 0.226. The molecule has 0 amide bonds. The Morgan fingerprint density at radius 2 is 2.00 bits per heavy atom. The van der Waals surface area contributed by atoms with Gasteiger partial charge >= 0.3 is 0 Å². The topological polar surface area (TPSA) is 20.2 Å². The van der Waals surface area contributed by atoms with Crippen LogP contribution in [0.3, 0.4) is 0 Å². The molecule has 0 saturated heterocycles. The van der Waals surface area contributed by atoms with E-state index in [1.807, 2.05) is 13.8 Å². The van der Waals surface area contributed by atoms with Crippen molar-refractivity contribution in [2.24, 2.45) is 0 Å². The van der Waals surface area contributed by atoms with Gasteiger partial charge in [0.15, 0.2) is 0 Å². The van der Waals surface area contributed by atoms with Crippen molar-refractivity contribution in [2.45, 2.75) is 20.3 Å². The predicted octanol–water partition coefficient (Wildman–Crippen LogP) is 1.58. The van der Waals surface area contributed by atoms with Gasteiger partial charge in [-0.25, -0.2) is 0 Å². The molecule has 0 fully saturated rings. The molecule has 1 heteroatoms. The number of rotatable bonds is 2. The Kier molecular flexibility index (Phi) is 24.3. The van der Waals surface area contributed by atoms with Gasteiger partial charge in [0.25, 0.3) is 0 Å². The molecule has 0 aliphatic heterocycles. The van der Waals surface area contributed by atoms with Crippen LogP contribution in [0.15, 0.2) is 12.7 Å². The first kappa shape index (κ1) is 9.85. The standard InChI is InChI=1S/C4H8O.C2H6/c1-2-3-4-5;1-2/h2,5H,1,3-4H2;1-2H3. The van der Waals surface area contributed by atoms with E-state index in [2.05, 4.69) is 6.58 Å². The van der Waals surface area contributed by atoms with Gasteiger partial charge in [0.05, 0.1) is 0 Å². The van der Waals surface area contributed by atoms with Gasteiger partial charge < -0.3 is 5.11 Å². The summed E-state index contributed by atoms with van der Waals surface area (Å²) in [5.74, 6) is 0. The Bertz CT molecular complexity index is 25.4. The molecule has 0 aromatic rings. The maximum atomic E-state index is 8.00. The summed E-state index contributed by atoms with van der Waals surface area (Å²) in [4.78, 5) is 0. The fourth-order valence-corrected chi connectivity index (χ4v) is 0.0913. The molecule has 7 heavy (non-hydrogen) atoms. The zero-order valence-corrected chi connectivity index (χ0v) is 5.15. The van der Waals surface area contributed by atoms with E-state index in [4.69, 9.17) is 5.11 Å². The van der Waals surface area contributed by atoms with Crippen LogP contribution >= 0.6 is 0 Å². The van der Waals surface area contributed by atoms with Crippen LogP contribution in [0.4, 0.5) is 0 Å². The van der Waals surface area contributed by atoms with E-state index in [9.17, 15) is 0 Å². The molecular formula is C6H14O. The third kappa shape index (κ3) is 27.0. The Morgan fingerprint density at radius 1 is 1.57 bits per heavy atom. The minimum Gasteiger partial charge on any atom is -0.396 e. The van der Waals surface area contributed by atoms with Gasteiger partial charge in [-0.3, -0.25) is 0 Å². The first-order valence-electron chi connectivity index (χ1n) is 2.63. The van der Waals surface area contributed by atoms with E-state index in [-0.39, 0.29) is 6.61 Å². The third-order valence-corrected chi connectivity index (χ3v) is 0.333.